The highest BCUT2D eigenvalue weighted by atomic mass is 16.5. The van der Waals surface area contributed by atoms with Crippen LogP contribution in [0.15, 0.2) is 22.6 Å². The van der Waals surface area contributed by atoms with Crippen molar-refractivity contribution in [3.05, 3.63) is 52.0 Å². The summed E-state index contributed by atoms with van der Waals surface area (Å²) in [5, 5.41) is 2.75. The van der Waals surface area contributed by atoms with Gasteiger partial charge in [0.15, 0.2) is 6.61 Å². The second-order valence-corrected chi connectivity index (χ2v) is 5.59. The molecule has 0 aliphatic heterocycles. The minimum absolute atomic E-state index is 0.338. The number of esters is 1. The third-order valence-corrected chi connectivity index (χ3v) is 3.98. The van der Waals surface area contributed by atoms with Crippen LogP contribution in [-0.2, 0) is 9.53 Å². The van der Waals surface area contributed by atoms with Crippen molar-refractivity contribution in [1.82, 2.24) is 0 Å². The fourth-order valence-corrected chi connectivity index (χ4v) is 2.37. The van der Waals surface area contributed by atoms with E-state index in [9.17, 15) is 9.59 Å². The summed E-state index contributed by atoms with van der Waals surface area (Å²) in [6.45, 7) is 8.84. The van der Waals surface area contributed by atoms with Gasteiger partial charge >= 0.3 is 5.97 Å². The molecular weight excluding hydrogens is 294 g/mol. The summed E-state index contributed by atoms with van der Waals surface area (Å²) in [5.41, 5.74) is 3.92. The quantitative estimate of drug-likeness (QED) is 0.875. The lowest BCUT2D eigenvalue weighted by Gasteiger charge is -2.10. The lowest BCUT2D eigenvalue weighted by atomic mass is 10.1. The molecule has 1 aromatic carbocycles. The number of carbonyl (C=O) groups excluding carboxylic acids is 2. The van der Waals surface area contributed by atoms with Crippen LogP contribution < -0.4 is 5.32 Å². The molecule has 2 rings (SSSR count). The van der Waals surface area contributed by atoms with Gasteiger partial charge in [-0.05, 0) is 51.8 Å². The Labute approximate surface area is 135 Å². The highest BCUT2D eigenvalue weighted by Gasteiger charge is 2.20. The average Bonchev–Trinajstić information content (AvgIpc) is 2.74. The first-order chi connectivity index (χ1) is 10.8. The van der Waals surface area contributed by atoms with Crippen LogP contribution >= 0.6 is 0 Å². The first-order valence-electron chi connectivity index (χ1n) is 7.41. The lowest BCUT2D eigenvalue weighted by molar-refractivity contribution is -0.119. The average molecular weight is 315 g/mol. The second-order valence-electron chi connectivity index (χ2n) is 5.59. The van der Waals surface area contributed by atoms with Crippen LogP contribution in [-0.4, -0.2) is 18.5 Å². The van der Waals surface area contributed by atoms with E-state index < -0.39 is 5.97 Å². The van der Waals surface area contributed by atoms with Gasteiger partial charge in [-0.1, -0.05) is 12.1 Å². The van der Waals surface area contributed by atoms with E-state index in [-0.39, 0.29) is 12.5 Å². The van der Waals surface area contributed by atoms with E-state index in [4.69, 9.17) is 9.15 Å². The number of carbonyl (C=O) groups is 2. The van der Waals surface area contributed by atoms with Gasteiger partial charge in [0.1, 0.15) is 17.1 Å². The predicted molar refractivity (Wildman–Crippen MR) is 87.7 cm³/mol. The minimum atomic E-state index is -0.548. The molecule has 1 heterocycles. The van der Waals surface area contributed by atoms with Crippen molar-refractivity contribution in [2.24, 2.45) is 0 Å². The van der Waals surface area contributed by atoms with Gasteiger partial charge in [0, 0.05) is 11.3 Å². The Bertz CT molecular complexity index is 759. The number of furan rings is 1. The third-order valence-electron chi connectivity index (χ3n) is 3.98. The number of anilines is 1. The Balaban J connectivity index is 1.99. The van der Waals surface area contributed by atoms with Crippen LogP contribution in [0.25, 0.3) is 0 Å². The van der Waals surface area contributed by atoms with E-state index in [1.807, 2.05) is 32.0 Å². The second kappa shape index (κ2) is 6.69. The Hall–Kier alpha value is -2.56. The zero-order valence-electron chi connectivity index (χ0n) is 14.1. The van der Waals surface area contributed by atoms with Gasteiger partial charge in [-0.3, -0.25) is 4.79 Å². The zero-order chi connectivity index (χ0) is 17.1. The summed E-state index contributed by atoms with van der Waals surface area (Å²) in [6.07, 6.45) is 0. The molecule has 23 heavy (non-hydrogen) atoms. The standard InChI is InChI=1S/C18H21NO4/c1-10-7-6-8-15(11(10)2)19-16(20)9-22-18(21)17-12(3)13(4)23-14(17)5/h6-8H,9H2,1-5H3,(H,19,20). The number of aryl methyl sites for hydroxylation is 3. The van der Waals surface area contributed by atoms with Crippen molar-refractivity contribution in [3.8, 4) is 0 Å². The smallest absolute Gasteiger partial charge is 0.342 e. The van der Waals surface area contributed by atoms with E-state index in [0.717, 1.165) is 22.4 Å². The fraction of sp³-hybridized carbons (Fsp3) is 0.333. The summed E-state index contributed by atoms with van der Waals surface area (Å²) >= 11 is 0. The molecule has 0 saturated carbocycles. The number of hydrogen-bond donors (Lipinski definition) is 1. The highest BCUT2D eigenvalue weighted by Crippen LogP contribution is 2.21. The SMILES string of the molecule is Cc1cccc(NC(=O)COC(=O)c2c(C)oc(C)c2C)c1C. The summed E-state index contributed by atoms with van der Waals surface area (Å²) < 4.78 is 10.5. The third kappa shape index (κ3) is 3.62. The molecule has 1 amide bonds. The van der Waals surface area contributed by atoms with E-state index >= 15 is 0 Å². The molecule has 122 valence electrons. The maximum absolute atomic E-state index is 12.1. The molecule has 0 aliphatic carbocycles. The number of benzene rings is 1. The molecule has 1 aromatic heterocycles. The predicted octanol–water partition coefficient (Wildman–Crippen LogP) is 3.62. The van der Waals surface area contributed by atoms with Crippen LogP contribution in [0.1, 0.15) is 38.6 Å². The minimum Gasteiger partial charge on any atom is -0.465 e. The molecule has 0 atom stereocenters. The molecule has 5 heteroatoms. The van der Waals surface area contributed by atoms with Crippen LogP contribution in [0.3, 0.4) is 0 Å². The first-order valence-corrected chi connectivity index (χ1v) is 7.41. The van der Waals surface area contributed by atoms with E-state index in [1.54, 1.807) is 20.8 Å². The number of ether oxygens (including phenoxy) is 1. The molecule has 0 radical (unpaired) electrons. The molecule has 0 unspecified atom stereocenters. The van der Waals surface area contributed by atoms with Crippen LogP contribution in [0, 0.1) is 34.6 Å². The molecular formula is C18H21NO4. The summed E-state index contributed by atoms with van der Waals surface area (Å²) in [4.78, 5) is 24.1. The van der Waals surface area contributed by atoms with E-state index in [2.05, 4.69) is 5.32 Å². The normalized spacial score (nSPS) is 10.5. The van der Waals surface area contributed by atoms with Gasteiger partial charge in [-0.2, -0.15) is 0 Å². The Kier molecular flexibility index (Phi) is 4.89. The molecule has 2 aromatic rings. The summed E-state index contributed by atoms with van der Waals surface area (Å²) in [7, 11) is 0. The van der Waals surface area contributed by atoms with Crippen LogP contribution in [0.2, 0.25) is 0 Å². The summed E-state index contributed by atoms with van der Waals surface area (Å²) in [5.74, 6) is 0.254. The molecule has 1 N–H and O–H groups in total. The zero-order valence-corrected chi connectivity index (χ0v) is 14.1. The Morgan fingerprint density at radius 1 is 1.04 bits per heavy atom. The van der Waals surface area contributed by atoms with Gasteiger partial charge in [-0.25, -0.2) is 4.79 Å². The molecule has 0 aliphatic rings. The Morgan fingerprint density at radius 3 is 2.35 bits per heavy atom. The lowest BCUT2D eigenvalue weighted by Crippen LogP contribution is -2.21. The van der Waals surface area contributed by atoms with Gasteiger partial charge in [0.2, 0.25) is 0 Å². The van der Waals surface area contributed by atoms with E-state index in [0.29, 0.717) is 17.1 Å². The van der Waals surface area contributed by atoms with Crippen molar-refractivity contribution >= 4 is 17.6 Å². The van der Waals surface area contributed by atoms with Gasteiger partial charge in [-0.15, -0.1) is 0 Å². The Morgan fingerprint density at radius 2 is 1.74 bits per heavy atom. The number of rotatable bonds is 4. The van der Waals surface area contributed by atoms with Crippen LogP contribution in [0.4, 0.5) is 5.69 Å². The van der Waals surface area contributed by atoms with Crippen molar-refractivity contribution in [1.29, 1.82) is 0 Å². The maximum Gasteiger partial charge on any atom is 0.342 e. The van der Waals surface area contributed by atoms with E-state index in [1.165, 1.54) is 0 Å². The monoisotopic (exact) mass is 315 g/mol. The number of hydrogen-bond acceptors (Lipinski definition) is 4. The van der Waals surface area contributed by atoms with Crippen molar-refractivity contribution in [2.45, 2.75) is 34.6 Å². The van der Waals surface area contributed by atoms with Gasteiger partial charge in [0.05, 0.1) is 0 Å². The number of amides is 1. The van der Waals surface area contributed by atoms with Crippen LogP contribution in [0.5, 0.6) is 0 Å². The summed E-state index contributed by atoms with van der Waals surface area (Å²) in [6, 6.07) is 5.65. The topological polar surface area (TPSA) is 68.5 Å². The van der Waals surface area contributed by atoms with Gasteiger partial charge in [0.25, 0.3) is 5.91 Å². The maximum atomic E-state index is 12.1. The first kappa shape index (κ1) is 16.8. The molecule has 0 bridgehead atoms. The van der Waals surface area contributed by atoms with Crippen molar-refractivity contribution in [3.63, 3.8) is 0 Å². The van der Waals surface area contributed by atoms with Gasteiger partial charge < -0.3 is 14.5 Å². The van der Waals surface area contributed by atoms with Crippen molar-refractivity contribution < 1.29 is 18.7 Å². The fourth-order valence-electron chi connectivity index (χ4n) is 2.37. The molecule has 0 saturated heterocycles. The molecule has 5 nitrogen and oxygen atoms in total. The number of nitrogens with one attached hydrogen (secondary N) is 1. The molecule has 0 fully saturated rings. The largest absolute Gasteiger partial charge is 0.465 e. The van der Waals surface area contributed by atoms with Crippen molar-refractivity contribution in [2.75, 3.05) is 11.9 Å². The molecule has 0 spiro atoms. The highest BCUT2D eigenvalue weighted by molar-refractivity contribution is 5.97.